The van der Waals surface area contributed by atoms with Crippen molar-refractivity contribution < 1.29 is 9.53 Å². The van der Waals surface area contributed by atoms with Gasteiger partial charge in [-0.2, -0.15) is 0 Å². The number of carbonyl (C=O) groups excluding carboxylic acids is 1. The molecule has 1 unspecified atom stereocenters. The van der Waals surface area contributed by atoms with Gasteiger partial charge in [0.15, 0.2) is 0 Å². The van der Waals surface area contributed by atoms with Gasteiger partial charge in [0.25, 0.3) is 0 Å². The minimum atomic E-state index is -0.253. The maximum absolute atomic E-state index is 11.1. The SMILES string of the molecule is CC(C)=CCCC(C)CCOC(=O)N(C)C. The van der Waals surface area contributed by atoms with E-state index in [1.807, 2.05) is 0 Å². The van der Waals surface area contributed by atoms with Crippen molar-refractivity contribution in [1.82, 2.24) is 4.90 Å². The van der Waals surface area contributed by atoms with Crippen LogP contribution in [0.3, 0.4) is 0 Å². The molecule has 0 N–H and O–H groups in total. The molecule has 0 aliphatic carbocycles. The Bertz CT molecular complexity index is 230. The Morgan fingerprint density at radius 3 is 2.44 bits per heavy atom. The van der Waals surface area contributed by atoms with Crippen LogP contribution in [0.5, 0.6) is 0 Å². The Labute approximate surface area is 99.5 Å². The van der Waals surface area contributed by atoms with Crippen LogP contribution in [0.1, 0.15) is 40.0 Å². The van der Waals surface area contributed by atoms with Crippen molar-refractivity contribution >= 4 is 6.09 Å². The number of nitrogens with zero attached hydrogens (tertiary/aromatic N) is 1. The van der Waals surface area contributed by atoms with Crippen molar-refractivity contribution in [2.24, 2.45) is 5.92 Å². The topological polar surface area (TPSA) is 29.5 Å². The third kappa shape index (κ3) is 8.33. The van der Waals surface area contributed by atoms with E-state index in [9.17, 15) is 4.79 Å². The first-order chi connectivity index (χ1) is 7.43. The first kappa shape index (κ1) is 15.0. The fourth-order valence-electron chi connectivity index (χ4n) is 1.28. The Morgan fingerprint density at radius 2 is 1.94 bits per heavy atom. The Balaban J connectivity index is 3.54. The van der Waals surface area contributed by atoms with Crippen molar-refractivity contribution in [3.8, 4) is 0 Å². The average Bonchev–Trinajstić information content (AvgIpc) is 2.16. The number of amides is 1. The maximum atomic E-state index is 11.1. The molecule has 16 heavy (non-hydrogen) atoms. The van der Waals surface area contributed by atoms with Gasteiger partial charge in [-0.3, -0.25) is 0 Å². The van der Waals surface area contributed by atoms with E-state index in [4.69, 9.17) is 4.74 Å². The van der Waals surface area contributed by atoms with Gasteiger partial charge in [-0.25, -0.2) is 4.79 Å². The number of rotatable bonds is 6. The van der Waals surface area contributed by atoms with Crippen LogP contribution in [0.4, 0.5) is 4.79 Å². The normalized spacial score (nSPS) is 11.8. The van der Waals surface area contributed by atoms with Crippen LogP contribution in [-0.4, -0.2) is 31.7 Å². The summed E-state index contributed by atoms with van der Waals surface area (Å²) in [5, 5.41) is 0. The van der Waals surface area contributed by atoms with E-state index in [0.29, 0.717) is 12.5 Å². The first-order valence-electron chi connectivity index (χ1n) is 5.91. The van der Waals surface area contributed by atoms with Crippen molar-refractivity contribution in [2.75, 3.05) is 20.7 Å². The molecule has 1 amide bonds. The highest BCUT2D eigenvalue weighted by Gasteiger charge is 2.06. The fraction of sp³-hybridized carbons (Fsp3) is 0.769. The van der Waals surface area contributed by atoms with Gasteiger partial charge in [0.1, 0.15) is 0 Å². The van der Waals surface area contributed by atoms with Gasteiger partial charge in [0.05, 0.1) is 6.61 Å². The van der Waals surface area contributed by atoms with Gasteiger partial charge in [-0.15, -0.1) is 0 Å². The van der Waals surface area contributed by atoms with Crippen LogP contribution >= 0.6 is 0 Å². The van der Waals surface area contributed by atoms with Crippen molar-refractivity contribution in [3.63, 3.8) is 0 Å². The molecule has 0 saturated heterocycles. The molecule has 0 aromatic heterocycles. The van der Waals surface area contributed by atoms with Gasteiger partial charge < -0.3 is 9.64 Å². The molecule has 0 heterocycles. The number of allylic oxidation sites excluding steroid dienone is 2. The van der Waals surface area contributed by atoms with Gasteiger partial charge in [0, 0.05) is 14.1 Å². The van der Waals surface area contributed by atoms with E-state index < -0.39 is 0 Å². The summed E-state index contributed by atoms with van der Waals surface area (Å²) in [5.74, 6) is 0.602. The van der Waals surface area contributed by atoms with E-state index in [1.165, 1.54) is 10.5 Å². The van der Waals surface area contributed by atoms with Gasteiger partial charge in [-0.05, 0) is 39.0 Å². The first-order valence-corrected chi connectivity index (χ1v) is 5.91. The minimum absolute atomic E-state index is 0.253. The Kier molecular flexibility index (Phi) is 7.69. The highest BCUT2D eigenvalue weighted by Crippen LogP contribution is 2.11. The largest absolute Gasteiger partial charge is 0.449 e. The number of hydrogen-bond acceptors (Lipinski definition) is 2. The van der Waals surface area contributed by atoms with Crippen LogP contribution in [0.25, 0.3) is 0 Å². The van der Waals surface area contributed by atoms with Gasteiger partial charge in [0.2, 0.25) is 0 Å². The Morgan fingerprint density at radius 1 is 1.31 bits per heavy atom. The van der Waals surface area contributed by atoms with E-state index in [-0.39, 0.29) is 6.09 Å². The summed E-state index contributed by atoms with van der Waals surface area (Å²) in [4.78, 5) is 12.6. The highest BCUT2D eigenvalue weighted by atomic mass is 16.6. The van der Waals surface area contributed by atoms with E-state index in [0.717, 1.165) is 19.3 Å². The number of hydrogen-bond donors (Lipinski definition) is 0. The molecule has 0 aliphatic rings. The lowest BCUT2D eigenvalue weighted by Gasteiger charge is -2.13. The average molecular weight is 227 g/mol. The Hall–Kier alpha value is -0.990. The standard InChI is InChI=1S/C13H25NO2/c1-11(2)7-6-8-12(3)9-10-16-13(15)14(4)5/h7,12H,6,8-10H2,1-5H3. The summed E-state index contributed by atoms with van der Waals surface area (Å²) in [7, 11) is 3.39. The predicted molar refractivity (Wildman–Crippen MR) is 67.5 cm³/mol. The highest BCUT2D eigenvalue weighted by molar-refractivity contribution is 5.66. The molecule has 0 fully saturated rings. The zero-order valence-electron chi connectivity index (χ0n) is 11.2. The summed E-state index contributed by atoms with van der Waals surface area (Å²) in [5.41, 5.74) is 1.37. The maximum Gasteiger partial charge on any atom is 0.409 e. The summed E-state index contributed by atoms with van der Waals surface area (Å²) >= 11 is 0. The fourth-order valence-corrected chi connectivity index (χ4v) is 1.28. The lowest BCUT2D eigenvalue weighted by molar-refractivity contribution is 0.112. The third-order valence-corrected chi connectivity index (χ3v) is 2.41. The molecule has 0 radical (unpaired) electrons. The molecule has 0 aromatic rings. The lowest BCUT2D eigenvalue weighted by atomic mass is 10.0. The molecule has 94 valence electrons. The van der Waals surface area contributed by atoms with Crippen LogP contribution in [0.2, 0.25) is 0 Å². The molecule has 0 aromatic carbocycles. The molecule has 0 rings (SSSR count). The number of carbonyl (C=O) groups is 1. The summed E-state index contributed by atoms with van der Waals surface area (Å²) in [6.07, 6.45) is 5.21. The second-order valence-electron chi connectivity index (χ2n) is 4.76. The van der Waals surface area contributed by atoms with Crippen LogP contribution in [0, 0.1) is 5.92 Å². The molecule has 0 bridgehead atoms. The third-order valence-electron chi connectivity index (χ3n) is 2.41. The molecule has 3 nitrogen and oxygen atoms in total. The smallest absolute Gasteiger partial charge is 0.409 e. The zero-order chi connectivity index (χ0) is 12.6. The zero-order valence-corrected chi connectivity index (χ0v) is 11.2. The summed E-state index contributed by atoms with van der Waals surface area (Å²) in [6.45, 7) is 6.95. The van der Waals surface area contributed by atoms with Gasteiger partial charge >= 0.3 is 6.09 Å². The summed E-state index contributed by atoms with van der Waals surface area (Å²) in [6, 6.07) is 0. The predicted octanol–water partition coefficient (Wildman–Crippen LogP) is 3.46. The second-order valence-corrected chi connectivity index (χ2v) is 4.76. The molecule has 1 atom stereocenters. The molecular weight excluding hydrogens is 202 g/mol. The molecule has 0 saturated carbocycles. The van der Waals surface area contributed by atoms with Crippen molar-refractivity contribution in [1.29, 1.82) is 0 Å². The van der Waals surface area contributed by atoms with E-state index in [2.05, 4.69) is 26.8 Å². The minimum Gasteiger partial charge on any atom is -0.449 e. The molecular formula is C13H25NO2. The lowest BCUT2D eigenvalue weighted by Crippen LogP contribution is -2.23. The quantitative estimate of drug-likeness (QED) is 0.650. The molecule has 0 aliphatic heterocycles. The monoisotopic (exact) mass is 227 g/mol. The van der Waals surface area contributed by atoms with Gasteiger partial charge in [-0.1, -0.05) is 18.6 Å². The van der Waals surface area contributed by atoms with Crippen LogP contribution in [0.15, 0.2) is 11.6 Å². The number of ether oxygens (including phenoxy) is 1. The summed E-state index contributed by atoms with van der Waals surface area (Å²) < 4.78 is 5.07. The van der Waals surface area contributed by atoms with Crippen LogP contribution in [-0.2, 0) is 4.74 Å². The molecule has 0 spiro atoms. The van der Waals surface area contributed by atoms with Crippen molar-refractivity contribution in [2.45, 2.75) is 40.0 Å². The second kappa shape index (κ2) is 8.20. The van der Waals surface area contributed by atoms with E-state index >= 15 is 0 Å². The van der Waals surface area contributed by atoms with Crippen molar-refractivity contribution in [3.05, 3.63) is 11.6 Å². The van der Waals surface area contributed by atoms with E-state index in [1.54, 1.807) is 14.1 Å². The van der Waals surface area contributed by atoms with Crippen LogP contribution < -0.4 is 0 Å². The molecule has 3 heteroatoms.